The van der Waals surface area contributed by atoms with Crippen LogP contribution < -0.4 is 5.73 Å². The summed E-state index contributed by atoms with van der Waals surface area (Å²) in [5.74, 6) is -0.648. The zero-order valence-electron chi connectivity index (χ0n) is 11.6. The first-order valence-corrected chi connectivity index (χ1v) is 6.47. The molecule has 1 atom stereocenters. The van der Waals surface area contributed by atoms with Crippen molar-refractivity contribution in [3.05, 3.63) is 65.2 Å². The smallest absolute Gasteiger partial charge is 0.146 e. The van der Waals surface area contributed by atoms with E-state index >= 15 is 0 Å². The zero-order valence-corrected chi connectivity index (χ0v) is 11.6. The van der Waals surface area contributed by atoms with Crippen molar-refractivity contribution >= 4 is 5.69 Å². The molecule has 4 heteroatoms. The lowest BCUT2D eigenvalue weighted by Gasteiger charge is -2.25. The minimum absolute atomic E-state index is 0.100. The van der Waals surface area contributed by atoms with E-state index in [1.165, 1.54) is 12.1 Å². The number of rotatable bonds is 4. The topological polar surface area (TPSA) is 29.3 Å². The van der Waals surface area contributed by atoms with Crippen molar-refractivity contribution in [1.29, 1.82) is 0 Å². The molecule has 2 aromatic carbocycles. The first-order valence-electron chi connectivity index (χ1n) is 6.47. The highest BCUT2D eigenvalue weighted by Gasteiger charge is 2.15. The summed E-state index contributed by atoms with van der Waals surface area (Å²) in [6.45, 7) is 2.44. The Morgan fingerprint density at radius 1 is 1.10 bits per heavy atom. The molecule has 0 bridgehead atoms. The molecule has 0 aliphatic rings. The summed E-state index contributed by atoms with van der Waals surface area (Å²) in [6, 6.07) is 11.3. The molecule has 20 heavy (non-hydrogen) atoms. The van der Waals surface area contributed by atoms with Gasteiger partial charge in [-0.15, -0.1) is 0 Å². The number of halogens is 2. The van der Waals surface area contributed by atoms with Gasteiger partial charge < -0.3 is 5.73 Å². The van der Waals surface area contributed by atoms with Gasteiger partial charge in [0.1, 0.15) is 11.6 Å². The van der Waals surface area contributed by atoms with Crippen LogP contribution in [0.5, 0.6) is 0 Å². The summed E-state index contributed by atoms with van der Waals surface area (Å²) in [7, 11) is 1.88. The number of hydrogen-bond acceptors (Lipinski definition) is 2. The van der Waals surface area contributed by atoms with Gasteiger partial charge in [-0.05, 0) is 37.7 Å². The van der Waals surface area contributed by atoms with Crippen molar-refractivity contribution in [2.24, 2.45) is 0 Å². The lowest BCUT2D eigenvalue weighted by molar-refractivity contribution is 0.247. The predicted molar refractivity (Wildman–Crippen MR) is 77.1 cm³/mol. The third-order valence-electron chi connectivity index (χ3n) is 3.51. The van der Waals surface area contributed by atoms with E-state index in [0.29, 0.717) is 12.1 Å². The Bertz CT molecular complexity index is 599. The van der Waals surface area contributed by atoms with Crippen LogP contribution in [0.2, 0.25) is 0 Å². The van der Waals surface area contributed by atoms with Crippen LogP contribution in [-0.4, -0.2) is 11.9 Å². The van der Waals surface area contributed by atoms with E-state index in [4.69, 9.17) is 5.73 Å². The van der Waals surface area contributed by atoms with Gasteiger partial charge in [0.15, 0.2) is 0 Å². The lowest BCUT2D eigenvalue weighted by atomic mass is 10.1. The van der Waals surface area contributed by atoms with Crippen LogP contribution in [0.25, 0.3) is 0 Å². The highest BCUT2D eigenvalue weighted by Crippen LogP contribution is 2.23. The van der Waals surface area contributed by atoms with E-state index in [2.05, 4.69) is 0 Å². The normalized spacial score (nSPS) is 12.7. The van der Waals surface area contributed by atoms with Crippen LogP contribution in [-0.2, 0) is 6.54 Å². The van der Waals surface area contributed by atoms with E-state index in [0.717, 1.165) is 5.56 Å². The molecule has 0 aliphatic carbocycles. The molecular weight excluding hydrogens is 258 g/mol. The van der Waals surface area contributed by atoms with Crippen LogP contribution >= 0.6 is 0 Å². The van der Waals surface area contributed by atoms with Crippen molar-refractivity contribution < 1.29 is 8.78 Å². The standard InChI is InChI=1S/C16H18F2N2/c1-11(13-5-3-4-6-14(13)17)20(2)10-12-7-8-16(19)15(18)9-12/h3-9,11H,10,19H2,1-2H3. The molecule has 0 fully saturated rings. The van der Waals surface area contributed by atoms with Gasteiger partial charge in [-0.25, -0.2) is 8.78 Å². The fourth-order valence-corrected chi connectivity index (χ4v) is 2.15. The number of benzene rings is 2. The Labute approximate surface area is 117 Å². The molecule has 2 N–H and O–H groups in total. The number of nitrogens with two attached hydrogens (primary N) is 1. The SMILES string of the molecule is CC(c1ccccc1F)N(C)Cc1ccc(N)c(F)c1. The van der Waals surface area contributed by atoms with E-state index < -0.39 is 5.82 Å². The van der Waals surface area contributed by atoms with Gasteiger partial charge in [-0.1, -0.05) is 24.3 Å². The van der Waals surface area contributed by atoms with Crippen molar-refractivity contribution in [3.8, 4) is 0 Å². The molecule has 2 rings (SSSR count). The van der Waals surface area contributed by atoms with Gasteiger partial charge in [0.25, 0.3) is 0 Å². The molecule has 0 saturated heterocycles. The summed E-state index contributed by atoms with van der Waals surface area (Å²) in [4.78, 5) is 1.96. The Morgan fingerprint density at radius 3 is 2.45 bits per heavy atom. The molecule has 0 amide bonds. The molecule has 0 heterocycles. The van der Waals surface area contributed by atoms with E-state index in [-0.39, 0.29) is 17.5 Å². The van der Waals surface area contributed by atoms with E-state index in [1.54, 1.807) is 24.3 Å². The molecule has 0 radical (unpaired) electrons. The fourth-order valence-electron chi connectivity index (χ4n) is 2.15. The largest absolute Gasteiger partial charge is 0.396 e. The Morgan fingerprint density at radius 2 is 1.80 bits per heavy atom. The van der Waals surface area contributed by atoms with Gasteiger partial charge in [-0.2, -0.15) is 0 Å². The van der Waals surface area contributed by atoms with Gasteiger partial charge in [0, 0.05) is 18.2 Å². The molecular formula is C16H18F2N2. The van der Waals surface area contributed by atoms with Gasteiger partial charge in [0.2, 0.25) is 0 Å². The average Bonchev–Trinajstić information content (AvgIpc) is 2.42. The third-order valence-corrected chi connectivity index (χ3v) is 3.51. The Hall–Kier alpha value is -1.94. The molecule has 0 aromatic heterocycles. The number of anilines is 1. The second kappa shape index (κ2) is 6.01. The summed E-state index contributed by atoms with van der Waals surface area (Å²) in [5.41, 5.74) is 7.03. The average molecular weight is 276 g/mol. The molecule has 106 valence electrons. The van der Waals surface area contributed by atoms with Crippen LogP contribution in [0.1, 0.15) is 24.1 Å². The Balaban J connectivity index is 2.13. The predicted octanol–water partition coefficient (Wildman–Crippen LogP) is 3.74. The highest BCUT2D eigenvalue weighted by atomic mass is 19.1. The van der Waals surface area contributed by atoms with Crippen molar-refractivity contribution in [1.82, 2.24) is 4.90 Å². The summed E-state index contributed by atoms with van der Waals surface area (Å²) < 4.78 is 27.2. The third kappa shape index (κ3) is 3.14. The molecule has 0 saturated carbocycles. The van der Waals surface area contributed by atoms with E-state index in [1.807, 2.05) is 24.9 Å². The fraction of sp³-hybridized carbons (Fsp3) is 0.250. The summed E-state index contributed by atoms with van der Waals surface area (Å²) >= 11 is 0. The summed E-state index contributed by atoms with van der Waals surface area (Å²) in [6.07, 6.45) is 0. The molecule has 0 aliphatic heterocycles. The van der Waals surface area contributed by atoms with Gasteiger partial charge in [0.05, 0.1) is 5.69 Å². The number of hydrogen-bond donors (Lipinski definition) is 1. The minimum atomic E-state index is -0.422. The van der Waals surface area contributed by atoms with Crippen molar-refractivity contribution in [3.63, 3.8) is 0 Å². The minimum Gasteiger partial charge on any atom is -0.396 e. The Kier molecular flexibility index (Phi) is 4.35. The first-order chi connectivity index (χ1) is 9.49. The first kappa shape index (κ1) is 14.5. The van der Waals surface area contributed by atoms with Gasteiger partial charge in [-0.3, -0.25) is 4.90 Å². The monoisotopic (exact) mass is 276 g/mol. The highest BCUT2D eigenvalue weighted by molar-refractivity contribution is 5.41. The second-order valence-corrected chi connectivity index (χ2v) is 4.97. The van der Waals surface area contributed by atoms with Crippen LogP contribution in [0.15, 0.2) is 42.5 Å². The second-order valence-electron chi connectivity index (χ2n) is 4.97. The number of nitrogen functional groups attached to an aromatic ring is 1. The number of nitrogens with zero attached hydrogens (tertiary/aromatic N) is 1. The maximum absolute atomic E-state index is 13.8. The quantitative estimate of drug-likeness (QED) is 0.862. The zero-order chi connectivity index (χ0) is 14.7. The lowest BCUT2D eigenvalue weighted by Crippen LogP contribution is -2.22. The molecule has 1 unspecified atom stereocenters. The molecule has 0 spiro atoms. The van der Waals surface area contributed by atoms with Crippen LogP contribution in [0.3, 0.4) is 0 Å². The summed E-state index contributed by atoms with van der Waals surface area (Å²) in [5, 5.41) is 0. The van der Waals surface area contributed by atoms with Crippen LogP contribution in [0.4, 0.5) is 14.5 Å². The van der Waals surface area contributed by atoms with E-state index in [9.17, 15) is 8.78 Å². The maximum Gasteiger partial charge on any atom is 0.146 e. The molecule has 2 aromatic rings. The molecule has 2 nitrogen and oxygen atoms in total. The maximum atomic E-state index is 13.8. The van der Waals surface area contributed by atoms with Crippen molar-refractivity contribution in [2.75, 3.05) is 12.8 Å². The van der Waals surface area contributed by atoms with Gasteiger partial charge >= 0.3 is 0 Å². The van der Waals surface area contributed by atoms with Crippen molar-refractivity contribution in [2.45, 2.75) is 19.5 Å². The van der Waals surface area contributed by atoms with Crippen LogP contribution in [0, 0.1) is 11.6 Å².